The molecule has 4 nitrogen and oxygen atoms in total. The second-order valence-electron chi connectivity index (χ2n) is 4.44. The zero-order valence-electron chi connectivity index (χ0n) is 11.0. The van der Waals surface area contributed by atoms with E-state index in [0.29, 0.717) is 6.04 Å². The van der Waals surface area contributed by atoms with Crippen LogP contribution in [-0.4, -0.2) is 27.1 Å². The number of hydrogen-bond acceptors (Lipinski definition) is 3. The van der Waals surface area contributed by atoms with Gasteiger partial charge in [0.2, 0.25) is 0 Å². The maximum absolute atomic E-state index is 4.39. The van der Waals surface area contributed by atoms with Crippen LogP contribution >= 0.6 is 0 Å². The van der Waals surface area contributed by atoms with E-state index in [-0.39, 0.29) is 0 Å². The molecule has 1 atom stereocenters. The summed E-state index contributed by atoms with van der Waals surface area (Å²) in [5.41, 5.74) is 1.12. The Morgan fingerprint density at radius 1 is 1.22 bits per heavy atom. The van der Waals surface area contributed by atoms with Gasteiger partial charge >= 0.3 is 0 Å². The molecule has 0 bridgehead atoms. The summed E-state index contributed by atoms with van der Waals surface area (Å²) in [5.74, 6) is 1.11. The molecule has 0 amide bonds. The van der Waals surface area contributed by atoms with Gasteiger partial charge in [-0.15, -0.1) is 0 Å². The molecular formula is C14H20N4. The first-order chi connectivity index (χ1) is 8.79. The Morgan fingerprint density at radius 3 is 2.72 bits per heavy atom. The average Bonchev–Trinajstić information content (AvgIpc) is 2.77. The van der Waals surface area contributed by atoms with Crippen LogP contribution in [0.25, 0.3) is 0 Å². The number of imidazole rings is 1. The smallest absolute Gasteiger partial charge is 0.109 e. The normalized spacial score (nSPS) is 12.6. The summed E-state index contributed by atoms with van der Waals surface area (Å²) in [7, 11) is 2.03. The Kier molecular flexibility index (Phi) is 4.47. The minimum absolute atomic E-state index is 0.381. The van der Waals surface area contributed by atoms with Crippen molar-refractivity contribution in [3.63, 3.8) is 0 Å². The van der Waals surface area contributed by atoms with Crippen LogP contribution in [0.5, 0.6) is 0 Å². The van der Waals surface area contributed by atoms with Gasteiger partial charge in [-0.3, -0.25) is 4.98 Å². The third-order valence-electron chi connectivity index (χ3n) is 3.02. The Bertz CT molecular complexity index is 464. The summed E-state index contributed by atoms with van der Waals surface area (Å²) >= 11 is 0. The quantitative estimate of drug-likeness (QED) is 0.839. The Morgan fingerprint density at radius 2 is 2.11 bits per heavy atom. The first-order valence-electron chi connectivity index (χ1n) is 6.39. The standard InChI is InChI=1S/C14H20N4/c1-3-15-13(10-12-6-4-5-7-16-12)11-14-17-8-9-18(14)2/h4-9,13,15H,3,10-11H2,1-2H3. The second-order valence-corrected chi connectivity index (χ2v) is 4.44. The highest BCUT2D eigenvalue weighted by Crippen LogP contribution is 2.05. The molecule has 96 valence electrons. The van der Waals surface area contributed by atoms with Gasteiger partial charge in [0, 0.05) is 50.2 Å². The van der Waals surface area contributed by atoms with E-state index in [9.17, 15) is 0 Å². The number of aromatic nitrogens is 3. The third kappa shape index (κ3) is 3.40. The van der Waals surface area contributed by atoms with Crippen LogP contribution in [0.1, 0.15) is 18.4 Å². The Balaban J connectivity index is 2.02. The topological polar surface area (TPSA) is 42.7 Å². The van der Waals surface area contributed by atoms with Crippen molar-refractivity contribution in [1.82, 2.24) is 19.9 Å². The molecular weight excluding hydrogens is 224 g/mol. The van der Waals surface area contributed by atoms with Crippen molar-refractivity contribution in [1.29, 1.82) is 0 Å². The number of hydrogen-bond donors (Lipinski definition) is 1. The summed E-state index contributed by atoms with van der Waals surface area (Å²) in [6.45, 7) is 3.09. The molecule has 2 aromatic heterocycles. The summed E-state index contributed by atoms with van der Waals surface area (Å²) in [6.07, 6.45) is 7.53. The number of nitrogens with zero attached hydrogens (tertiary/aromatic N) is 3. The van der Waals surface area contributed by atoms with Crippen molar-refractivity contribution in [2.75, 3.05) is 6.54 Å². The molecule has 0 saturated carbocycles. The van der Waals surface area contributed by atoms with Crippen LogP contribution in [0, 0.1) is 0 Å². The maximum Gasteiger partial charge on any atom is 0.109 e. The Labute approximate surface area is 108 Å². The highest BCUT2D eigenvalue weighted by molar-refractivity contribution is 5.06. The van der Waals surface area contributed by atoms with Crippen molar-refractivity contribution in [3.8, 4) is 0 Å². The van der Waals surface area contributed by atoms with Gasteiger partial charge in [0.05, 0.1) is 0 Å². The lowest BCUT2D eigenvalue weighted by molar-refractivity contribution is 0.500. The van der Waals surface area contributed by atoms with Crippen LogP contribution < -0.4 is 5.32 Å². The molecule has 0 aliphatic rings. The van der Waals surface area contributed by atoms with E-state index in [4.69, 9.17) is 0 Å². The van der Waals surface area contributed by atoms with Crippen LogP contribution in [-0.2, 0) is 19.9 Å². The molecule has 0 fully saturated rings. The van der Waals surface area contributed by atoms with Crippen molar-refractivity contribution >= 4 is 0 Å². The number of likely N-dealkylation sites (N-methyl/N-ethyl adjacent to an activating group) is 1. The second kappa shape index (κ2) is 6.31. The number of aryl methyl sites for hydroxylation is 1. The third-order valence-corrected chi connectivity index (χ3v) is 3.02. The van der Waals surface area contributed by atoms with Gasteiger partial charge in [-0.2, -0.15) is 0 Å². The largest absolute Gasteiger partial charge is 0.338 e. The van der Waals surface area contributed by atoms with Gasteiger partial charge in [-0.05, 0) is 18.7 Å². The monoisotopic (exact) mass is 244 g/mol. The molecule has 0 radical (unpaired) electrons. The molecule has 18 heavy (non-hydrogen) atoms. The highest BCUT2D eigenvalue weighted by Gasteiger charge is 2.12. The van der Waals surface area contributed by atoms with Crippen molar-refractivity contribution in [2.24, 2.45) is 7.05 Å². The molecule has 4 heteroatoms. The van der Waals surface area contributed by atoms with Crippen molar-refractivity contribution in [3.05, 3.63) is 48.3 Å². The van der Waals surface area contributed by atoms with Gasteiger partial charge in [0.15, 0.2) is 0 Å². The van der Waals surface area contributed by atoms with Gasteiger partial charge in [0.1, 0.15) is 5.82 Å². The number of rotatable bonds is 6. The van der Waals surface area contributed by atoms with E-state index < -0.39 is 0 Å². The first kappa shape index (κ1) is 12.8. The van der Waals surface area contributed by atoms with E-state index in [1.165, 1.54) is 0 Å². The molecule has 0 aromatic carbocycles. The zero-order valence-corrected chi connectivity index (χ0v) is 11.0. The fourth-order valence-corrected chi connectivity index (χ4v) is 2.09. The first-order valence-corrected chi connectivity index (χ1v) is 6.39. The van der Waals surface area contributed by atoms with Crippen LogP contribution in [0.15, 0.2) is 36.8 Å². The Hall–Kier alpha value is -1.68. The van der Waals surface area contributed by atoms with Crippen LogP contribution in [0.3, 0.4) is 0 Å². The molecule has 0 aliphatic carbocycles. The molecule has 2 aromatic rings. The van der Waals surface area contributed by atoms with Crippen molar-refractivity contribution in [2.45, 2.75) is 25.8 Å². The lowest BCUT2D eigenvalue weighted by Crippen LogP contribution is -2.34. The zero-order chi connectivity index (χ0) is 12.8. The molecule has 1 unspecified atom stereocenters. The van der Waals surface area contributed by atoms with E-state index in [2.05, 4.69) is 32.8 Å². The van der Waals surface area contributed by atoms with Gasteiger partial charge in [0.25, 0.3) is 0 Å². The maximum atomic E-state index is 4.39. The van der Waals surface area contributed by atoms with Crippen LogP contribution in [0.2, 0.25) is 0 Å². The molecule has 2 rings (SSSR count). The lowest BCUT2D eigenvalue weighted by Gasteiger charge is -2.17. The molecule has 2 heterocycles. The summed E-state index contributed by atoms with van der Waals surface area (Å²) in [4.78, 5) is 8.77. The fraction of sp³-hybridized carbons (Fsp3) is 0.429. The molecule has 0 spiro atoms. The van der Waals surface area contributed by atoms with Gasteiger partial charge in [-0.25, -0.2) is 4.98 Å². The summed E-state index contributed by atoms with van der Waals surface area (Å²) in [5, 5.41) is 3.50. The fourth-order valence-electron chi connectivity index (χ4n) is 2.09. The molecule has 0 aliphatic heterocycles. The minimum Gasteiger partial charge on any atom is -0.338 e. The molecule has 1 N–H and O–H groups in total. The van der Waals surface area contributed by atoms with Gasteiger partial charge in [-0.1, -0.05) is 13.0 Å². The van der Waals surface area contributed by atoms with Crippen LogP contribution in [0.4, 0.5) is 0 Å². The lowest BCUT2D eigenvalue weighted by atomic mass is 10.1. The average molecular weight is 244 g/mol. The predicted molar refractivity (Wildman–Crippen MR) is 72.3 cm³/mol. The summed E-state index contributed by atoms with van der Waals surface area (Å²) < 4.78 is 2.07. The highest BCUT2D eigenvalue weighted by atomic mass is 15.0. The van der Waals surface area contributed by atoms with E-state index in [1.807, 2.05) is 37.8 Å². The minimum atomic E-state index is 0.381. The van der Waals surface area contributed by atoms with E-state index in [1.54, 1.807) is 0 Å². The predicted octanol–water partition coefficient (Wildman–Crippen LogP) is 1.58. The molecule has 0 saturated heterocycles. The summed E-state index contributed by atoms with van der Waals surface area (Å²) in [6, 6.07) is 6.44. The van der Waals surface area contributed by atoms with Gasteiger partial charge < -0.3 is 9.88 Å². The van der Waals surface area contributed by atoms with Crippen molar-refractivity contribution < 1.29 is 0 Å². The van der Waals surface area contributed by atoms with E-state index >= 15 is 0 Å². The number of pyridine rings is 1. The number of nitrogens with one attached hydrogen (secondary N) is 1. The van der Waals surface area contributed by atoms with E-state index in [0.717, 1.165) is 30.9 Å². The SMILES string of the molecule is CCNC(Cc1ccccn1)Cc1nccn1C.